The summed E-state index contributed by atoms with van der Waals surface area (Å²) in [5, 5.41) is 36.9. The van der Waals surface area contributed by atoms with Gasteiger partial charge in [-0.15, -0.1) is 0 Å². The van der Waals surface area contributed by atoms with Crippen LogP contribution in [0.5, 0.6) is 0 Å². The van der Waals surface area contributed by atoms with E-state index in [9.17, 15) is 23.7 Å². The van der Waals surface area contributed by atoms with Crippen LogP contribution in [0.25, 0.3) is 0 Å². The Kier molecular flexibility index (Phi) is 3.66. The molecule has 0 radical (unpaired) electrons. The minimum atomic E-state index is -4.62. The fourth-order valence-corrected chi connectivity index (χ4v) is 2.31. The Morgan fingerprint density at radius 3 is 2.00 bits per heavy atom. The van der Waals surface area contributed by atoms with Crippen molar-refractivity contribution >= 4 is 10.1 Å². The Morgan fingerprint density at radius 1 is 1.07 bits per heavy atom. The molecular weight excluding hydrogens is 230 g/mol. The van der Waals surface area contributed by atoms with E-state index in [4.69, 9.17) is 9.66 Å². The van der Waals surface area contributed by atoms with Crippen LogP contribution in [0.2, 0.25) is 0 Å². The van der Waals surface area contributed by atoms with Crippen LogP contribution in [0.1, 0.15) is 0 Å². The summed E-state index contributed by atoms with van der Waals surface area (Å²) >= 11 is 0. The molecule has 0 amide bonds. The van der Waals surface area contributed by atoms with Gasteiger partial charge >= 0.3 is 0 Å². The first-order chi connectivity index (χ1) is 6.79. The molecule has 1 heterocycles. The number of aliphatic hydroxyl groups excluding tert-OH is 4. The highest BCUT2D eigenvalue weighted by molar-refractivity contribution is 7.86. The Balaban J connectivity index is 2.93. The number of hydrogen-bond acceptors (Lipinski definition) is 7. The summed E-state index contributed by atoms with van der Waals surface area (Å²) in [6.45, 7) is -0.642. The molecule has 1 saturated heterocycles. The molecule has 1 fully saturated rings. The first-order valence-corrected chi connectivity index (χ1v) is 5.66. The van der Waals surface area contributed by atoms with Crippen LogP contribution >= 0.6 is 0 Å². The fourth-order valence-electron chi connectivity index (χ4n) is 1.45. The number of piperidine rings is 1. The Bertz CT molecular complexity index is 315. The van der Waals surface area contributed by atoms with Gasteiger partial charge in [-0.2, -0.15) is 8.42 Å². The van der Waals surface area contributed by atoms with Crippen molar-refractivity contribution in [2.24, 2.45) is 0 Å². The number of rotatable bonds is 2. The van der Waals surface area contributed by atoms with Crippen molar-refractivity contribution in [3.63, 3.8) is 0 Å². The summed E-state index contributed by atoms with van der Waals surface area (Å²) < 4.78 is 30.2. The molecular formula is C6H13NO7S. The van der Waals surface area contributed by atoms with E-state index in [0.29, 0.717) is 0 Å². The van der Waals surface area contributed by atoms with E-state index in [-0.39, 0.29) is 0 Å². The highest BCUT2D eigenvalue weighted by Crippen LogP contribution is 2.18. The van der Waals surface area contributed by atoms with Crippen LogP contribution in [0.4, 0.5) is 0 Å². The SMILES string of the molecule is O=S(=O)(O)C1N[C@H](CO)[C@H](O)[C@H](O)[C@H]1O. The second-order valence-electron chi connectivity index (χ2n) is 3.36. The molecule has 8 nitrogen and oxygen atoms in total. The van der Waals surface area contributed by atoms with E-state index in [1.807, 2.05) is 0 Å². The monoisotopic (exact) mass is 243 g/mol. The molecule has 0 bridgehead atoms. The third kappa shape index (κ3) is 2.45. The summed E-state index contributed by atoms with van der Waals surface area (Å²) in [6.07, 6.45) is -5.13. The van der Waals surface area contributed by atoms with Crippen molar-refractivity contribution in [3.8, 4) is 0 Å². The molecule has 90 valence electrons. The standard InChI is InChI=1S/C6H13NO7S/c8-1-2-3(9)4(10)5(11)6(7-2)15(12,13)14/h2-11H,1H2,(H,12,13,14)/t2-,3+,4+,5-,6?/m1/s1. The van der Waals surface area contributed by atoms with Crippen molar-refractivity contribution < 1.29 is 33.4 Å². The predicted molar refractivity (Wildman–Crippen MR) is 47.4 cm³/mol. The molecule has 0 aliphatic carbocycles. The van der Waals surface area contributed by atoms with Gasteiger partial charge in [0, 0.05) is 0 Å². The van der Waals surface area contributed by atoms with E-state index in [1.165, 1.54) is 0 Å². The molecule has 15 heavy (non-hydrogen) atoms. The molecule has 0 aromatic rings. The van der Waals surface area contributed by atoms with Crippen LogP contribution in [0, 0.1) is 0 Å². The van der Waals surface area contributed by atoms with Gasteiger partial charge in [0.25, 0.3) is 10.1 Å². The number of hydrogen-bond donors (Lipinski definition) is 6. The maximum Gasteiger partial charge on any atom is 0.283 e. The average Bonchev–Trinajstić information content (AvgIpc) is 2.13. The molecule has 1 aliphatic heterocycles. The molecule has 0 spiro atoms. The van der Waals surface area contributed by atoms with Gasteiger partial charge in [0.15, 0.2) is 5.37 Å². The van der Waals surface area contributed by atoms with Gasteiger partial charge in [-0.25, -0.2) is 0 Å². The predicted octanol–water partition coefficient (Wildman–Crippen LogP) is -3.75. The molecule has 0 aromatic heterocycles. The van der Waals surface area contributed by atoms with Crippen molar-refractivity contribution in [1.29, 1.82) is 0 Å². The third-order valence-electron chi connectivity index (χ3n) is 2.32. The molecule has 5 atom stereocenters. The third-order valence-corrected chi connectivity index (χ3v) is 3.37. The second-order valence-corrected chi connectivity index (χ2v) is 4.90. The lowest BCUT2D eigenvalue weighted by atomic mass is 9.96. The summed E-state index contributed by atoms with van der Waals surface area (Å²) in [7, 11) is -4.62. The zero-order valence-electron chi connectivity index (χ0n) is 7.55. The summed E-state index contributed by atoms with van der Waals surface area (Å²) in [5.41, 5.74) is 0. The molecule has 1 rings (SSSR count). The van der Waals surface area contributed by atoms with Gasteiger partial charge < -0.3 is 20.4 Å². The van der Waals surface area contributed by atoms with Crippen molar-refractivity contribution in [1.82, 2.24) is 5.32 Å². The Morgan fingerprint density at radius 2 is 1.60 bits per heavy atom. The largest absolute Gasteiger partial charge is 0.395 e. The first-order valence-electron chi connectivity index (χ1n) is 4.16. The quantitative estimate of drug-likeness (QED) is 0.271. The van der Waals surface area contributed by atoms with E-state index < -0.39 is 46.5 Å². The lowest BCUT2D eigenvalue weighted by molar-refractivity contribution is -0.108. The normalized spacial score (nSPS) is 42.9. The Hall–Kier alpha value is -0.290. The summed E-state index contributed by atoms with van der Waals surface area (Å²) in [6, 6.07) is -1.13. The lowest BCUT2D eigenvalue weighted by Gasteiger charge is -2.39. The fraction of sp³-hybridized carbons (Fsp3) is 1.00. The number of nitrogens with one attached hydrogen (secondary N) is 1. The van der Waals surface area contributed by atoms with Gasteiger partial charge in [-0.3, -0.25) is 9.87 Å². The molecule has 0 aromatic carbocycles. The van der Waals surface area contributed by atoms with Gasteiger partial charge in [0.1, 0.15) is 18.3 Å². The van der Waals surface area contributed by atoms with Crippen LogP contribution in [0.3, 0.4) is 0 Å². The van der Waals surface area contributed by atoms with Crippen LogP contribution < -0.4 is 5.32 Å². The summed E-state index contributed by atoms with van der Waals surface area (Å²) in [5.74, 6) is 0. The van der Waals surface area contributed by atoms with Crippen molar-refractivity contribution in [3.05, 3.63) is 0 Å². The highest BCUT2D eigenvalue weighted by atomic mass is 32.2. The smallest absolute Gasteiger partial charge is 0.283 e. The van der Waals surface area contributed by atoms with E-state index in [0.717, 1.165) is 0 Å². The van der Waals surface area contributed by atoms with Crippen LogP contribution in [-0.4, -0.2) is 69.7 Å². The highest BCUT2D eigenvalue weighted by Gasteiger charge is 2.47. The van der Waals surface area contributed by atoms with Crippen LogP contribution in [0.15, 0.2) is 0 Å². The van der Waals surface area contributed by atoms with E-state index in [2.05, 4.69) is 5.32 Å². The minimum Gasteiger partial charge on any atom is -0.395 e. The summed E-state index contributed by atoms with van der Waals surface area (Å²) in [4.78, 5) is 0. The molecule has 1 aliphatic rings. The van der Waals surface area contributed by atoms with Gasteiger partial charge in [-0.1, -0.05) is 0 Å². The van der Waals surface area contributed by atoms with Gasteiger partial charge in [0.2, 0.25) is 0 Å². The van der Waals surface area contributed by atoms with Crippen LogP contribution in [-0.2, 0) is 10.1 Å². The van der Waals surface area contributed by atoms with Crippen molar-refractivity contribution in [2.75, 3.05) is 6.61 Å². The molecule has 6 N–H and O–H groups in total. The second kappa shape index (κ2) is 4.29. The average molecular weight is 243 g/mol. The zero-order valence-corrected chi connectivity index (χ0v) is 8.37. The van der Waals surface area contributed by atoms with E-state index in [1.54, 1.807) is 0 Å². The topological polar surface area (TPSA) is 147 Å². The molecule has 9 heteroatoms. The first kappa shape index (κ1) is 12.8. The molecule has 1 unspecified atom stereocenters. The zero-order chi connectivity index (χ0) is 11.8. The van der Waals surface area contributed by atoms with Gasteiger partial charge in [-0.05, 0) is 0 Å². The maximum atomic E-state index is 10.8. The molecule has 0 saturated carbocycles. The van der Waals surface area contributed by atoms with Crippen molar-refractivity contribution in [2.45, 2.75) is 29.7 Å². The Labute approximate surface area is 85.9 Å². The minimum absolute atomic E-state index is 0.642. The lowest BCUT2D eigenvalue weighted by Crippen LogP contribution is -2.67. The maximum absolute atomic E-state index is 10.8. The van der Waals surface area contributed by atoms with E-state index >= 15 is 0 Å². The van der Waals surface area contributed by atoms with Gasteiger partial charge in [0.05, 0.1) is 12.6 Å². The number of aliphatic hydroxyl groups is 4.